The fourth-order valence-electron chi connectivity index (χ4n) is 3.30. The number of carbonyl (C=O) groups is 2. The molecule has 176 valence electrons. The van der Waals surface area contributed by atoms with Crippen molar-refractivity contribution in [1.29, 1.82) is 0 Å². The van der Waals surface area contributed by atoms with Crippen LogP contribution in [0.5, 0.6) is 0 Å². The quantitative estimate of drug-likeness (QED) is 0.543. The Morgan fingerprint density at radius 1 is 1.28 bits per heavy atom. The lowest BCUT2D eigenvalue weighted by atomic mass is 10.0. The lowest BCUT2D eigenvalue weighted by Crippen LogP contribution is -2.51. The molecule has 2 rings (SSSR count). The van der Waals surface area contributed by atoms with Crippen LogP contribution in [0, 0.1) is 5.92 Å². The molecule has 0 radical (unpaired) electrons. The predicted octanol–water partition coefficient (Wildman–Crippen LogP) is 5.18. The molecule has 2 unspecified atom stereocenters. The predicted molar refractivity (Wildman–Crippen MR) is 130 cm³/mol. The average molecular weight is 443 g/mol. The van der Waals surface area contributed by atoms with E-state index >= 15 is 0 Å². The van der Waals surface area contributed by atoms with Crippen LogP contribution < -0.4 is 5.32 Å². The summed E-state index contributed by atoms with van der Waals surface area (Å²) in [5, 5.41) is 2.65. The van der Waals surface area contributed by atoms with Crippen molar-refractivity contribution in [2.75, 3.05) is 13.7 Å². The van der Waals surface area contributed by atoms with Crippen molar-refractivity contribution in [3.05, 3.63) is 60.8 Å². The molecule has 0 aliphatic carbocycles. The Hall–Kier alpha value is -3.09. The topological polar surface area (TPSA) is 87.3 Å². The van der Waals surface area contributed by atoms with E-state index in [0.717, 1.165) is 35.3 Å². The molecule has 32 heavy (non-hydrogen) atoms. The number of imidazole rings is 1. The molecule has 2 heterocycles. The van der Waals surface area contributed by atoms with Gasteiger partial charge >= 0.3 is 6.09 Å². The number of likely N-dealkylation sites (tertiary alicyclic amines) is 1. The van der Waals surface area contributed by atoms with Gasteiger partial charge in [0, 0.05) is 6.54 Å². The van der Waals surface area contributed by atoms with Gasteiger partial charge in [0.25, 0.3) is 0 Å². The molecule has 1 fully saturated rings. The summed E-state index contributed by atoms with van der Waals surface area (Å²) in [6.45, 7) is 22.2. The standard InChI is InChI=1S/C23H32N4O3.C2H6/c1-14(2)16(5)10-11-17(6)18-13-24-21(25-18)19-9-8-12-27(19)22(28)20(15(3)4)26-23(29)30-7;1-2/h10-11,13,15,19-20H,1,5-6,8-9,12H2,2-4,7H3,(H,24,25)(H,26,29);1-2H3/b11-10-;. The number of methoxy groups -OCH3 is 1. The SMILES string of the molecule is C=C(C)C(=C)/C=C\C(=C)c1cnc(C2CCCN2C(=O)C(NC(=O)OC)C(C)C)[nH]1.CC. The number of nitrogens with zero attached hydrogens (tertiary/aromatic N) is 2. The molecule has 7 nitrogen and oxygen atoms in total. The molecule has 1 aliphatic heterocycles. The highest BCUT2D eigenvalue weighted by molar-refractivity contribution is 5.86. The minimum absolute atomic E-state index is 0.0728. The summed E-state index contributed by atoms with van der Waals surface area (Å²) in [4.78, 5) is 34.4. The third-order valence-electron chi connectivity index (χ3n) is 5.22. The molecule has 2 N–H and O–H groups in total. The van der Waals surface area contributed by atoms with Crippen molar-refractivity contribution in [3.8, 4) is 0 Å². The van der Waals surface area contributed by atoms with Gasteiger partial charge in [-0.3, -0.25) is 4.79 Å². The first-order chi connectivity index (χ1) is 15.1. The minimum Gasteiger partial charge on any atom is -0.453 e. The third-order valence-corrected chi connectivity index (χ3v) is 5.22. The Balaban J connectivity index is 0.00000249. The second kappa shape index (κ2) is 12.7. The Morgan fingerprint density at radius 2 is 1.94 bits per heavy atom. The van der Waals surface area contributed by atoms with Crippen LogP contribution >= 0.6 is 0 Å². The van der Waals surface area contributed by atoms with Crippen molar-refractivity contribution in [2.45, 2.75) is 59.5 Å². The summed E-state index contributed by atoms with van der Waals surface area (Å²) >= 11 is 0. The largest absolute Gasteiger partial charge is 0.453 e. The number of rotatable bonds is 8. The number of nitrogens with one attached hydrogen (secondary N) is 2. The maximum atomic E-state index is 13.2. The van der Waals surface area contributed by atoms with Crippen molar-refractivity contribution < 1.29 is 14.3 Å². The summed E-state index contributed by atoms with van der Waals surface area (Å²) in [6.07, 6.45) is 6.51. The van der Waals surface area contributed by atoms with E-state index < -0.39 is 12.1 Å². The van der Waals surface area contributed by atoms with E-state index in [-0.39, 0.29) is 17.9 Å². The molecule has 7 heteroatoms. The van der Waals surface area contributed by atoms with Crippen molar-refractivity contribution in [1.82, 2.24) is 20.2 Å². The first-order valence-corrected chi connectivity index (χ1v) is 11.1. The number of amides is 2. The van der Waals surface area contributed by atoms with Crippen LogP contribution in [-0.4, -0.2) is 46.6 Å². The maximum Gasteiger partial charge on any atom is 0.407 e. The number of aromatic amines is 1. The van der Waals surface area contributed by atoms with Crippen LogP contribution in [0.3, 0.4) is 0 Å². The molecular formula is C25H38N4O3. The molecule has 0 saturated carbocycles. The zero-order valence-corrected chi connectivity index (χ0v) is 20.3. The van der Waals surface area contributed by atoms with Crippen LogP contribution in [0.1, 0.15) is 65.0 Å². The van der Waals surface area contributed by atoms with E-state index in [1.807, 2.05) is 46.8 Å². The summed E-state index contributed by atoms with van der Waals surface area (Å²) in [5.74, 6) is 0.508. The highest BCUT2D eigenvalue weighted by Crippen LogP contribution is 2.32. The van der Waals surface area contributed by atoms with E-state index in [4.69, 9.17) is 0 Å². The second-order valence-electron chi connectivity index (χ2n) is 7.89. The van der Waals surface area contributed by atoms with E-state index in [2.05, 4.69) is 39.8 Å². The average Bonchev–Trinajstić information content (AvgIpc) is 3.45. The molecule has 0 aromatic carbocycles. The van der Waals surface area contributed by atoms with E-state index in [1.165, 1.54) is 7.11 Å². The molecule has 0 bridgehead atoms. The zero-order chi connectivity index (χ0) is 24.4. The molecule has 1 saturated heterocycles. The maximum absolute atomic E-state index is 13.2. The fraction of sp³-hybridized carbons (Fsp3) is 0.480. The van der Waals surface area contributed by atoms with Crippen LogP contribution in [0.15, 0.2) is 49.2 Å². The van der Waals surface area contributed by atoms with Gasteiger partial charge in [0.05, 0.1) is 25.0 Å². The minimum atomic E-state index is -0.654. The number of hydrogen-bond donors (Lipinski definition) is 2. The van der Waals surface area contributed by atoms with Gasteiger partial charge in [-0.05, 0) is 36.8 Å². The van der Waals surface area contributed by atoms with Gasteiger partial charge in [0.2, 0.25) is 5.91 Å². The Labute approximate surface area is 192 Å². The highest BCUT2D eigenvalue weighted by Gasteiger charge is 2.37. The Bertz CT molecular complexity index is 866. The van der Waals surface area contributed by atoms with Gasteiger partial charge < -0.3 is 19.9 Å². The first-order valence-electron chi connectivity index (χ1n) is 11.1. The summed E-state index contributed by atoms with van der Waals surface area (Å²) < 4.78 is 4.67. The number of allylic oxidation sites excluding steroid dienone is 5. The molecule has 1 aromatic heterocycles. The monoisotopic (exact) mass is 442 g/mol. The summed E-state index contributed by atoms with van der Waals surface area (Å²) in [5.41, 5.74) is 3.27. The third kappa shape index (κ3) is 6.97. The smallest absolute Gasteiger partial charge is 0.407 e. The second-order valence-corrected chi connectivity index (χ2v) is 7.89. The number of alkyl carbamates (subject to hydrolysis) is 1. The molecule has 1 aromatic rings. The van der Waals surface area contributed by atoms with Crippen LogP contribution in [0.2, 0.25) is 0 Å². The Kier molecular flexibility index (Phi) is 10.7. The fourth-order valence-corrected chi connectivity index (χ4v) is 3.30. The van der Waals surface area contributed by atoms with Crippen molar-refractivity contribution in [2.24, 2.45) is 5.92 Å². The lowest BCUT2D eigenvalue weighted by molar-refractivity contribution is -0.135. The Morgan fingerprint density at radius 3 is 2.50 bits per heavy atom. The molecule has 1 aliphatic rings. The van der Waals surface area contributed by atoms with E-state index in [9.17, 15) is 9.59 Å². The van der Waals surface area contributed by atoms with Gasteiger partial charge in [-0.1, -0.05) is 65.2 Å². The van der Waals surface area contributed by atoms with Crippen LogP contribution in [0.25, 0.3) is 5.57 Å². The van der Waals surface area contributed by atoms with Crippen molar-refractivity contribution >= 4 is 17.6 Å². The number of H-pyrrole nitrogens is 1. The molecular weight excluding hydrogens is 404 g/mol. The van der Waals surface area contributed by atoms with Gasteiger partial charge in [0.15, 0.2) is 0 Å². The number of ether oxygens (including phenoxy) is 1. The van der Waals surface area contributed by atoms with Gasteiger partial charge in [0.1, 0.15) is 11.9 Å². The lowest BCUT2D eigenvalue weighted by Gasteiger charge is -2.30. The normalized spacial score (nSPS) is 16.3. The summed E-state index contributed by atoms with van der Waals surface area (Å²) in [6, 6.07) is -0.826. The van der Waals surface area contributed by atoms with E-state index in [0.29, 0.717) is 12.4 Å². The van der Waals surface area contributed by atoms with E-state index in [1.54, 1.807) is 11.1 Å². The van der Waals surface area contributed by atoms with Gasteiger partial charge in [-0.15, -0.1) is 0 Å². The van der Waals surface area contributed by atoms with Crippen LogP contribution in [0.4, 0.5) is 4.79 Å². The number of carbonyl (C=O) groups excluding carboxylic acids is 2. The zero-order valence-electron chi connectivity index (χ0n) is 20.3. The molecule has 2 atom stereocenters. The molecule has 2 amide bonds. The van der Waals surface area contributed by atoms with Gasteiger partial charge in [-0.2, -0.15) is 0 Å². The van der Waals surface area contributed by atoms with Crippen LogP contribution in [-0.2, 0) is 9.53 Å². The van der Waals surface area contributed by atoms with Crippen molar-refractivity contribution in [3.63, 3.8) is 0 Å². The first kappa shape index (κ1) is 26.9. The molecule has 0 spiro atoms. The summed E-state index contributed by atoms with van der Waals surface area (Å²) in [7, 11) is 1.28. The number of hydrogen-bond acceptors (Lipinski definition) is 4. The highest BCUT2D eigenvalue weighted by atomic mass is 16.5. The number of aromatic nitrogens is 2. The van der Waals surface area contributed by atoms with Gasteiger partial charge in [-0.25, -0.2) is 9.78 Å².